The Labute approximate surface area is 176 Å². The predicted octanol–water partition coefficient (Wildman–Crippen LogP) is 3.07. The molecule has 1 aromatic carbocycles. The third-order valence-corrected chi connectivity index (χ3v) is 5.63. The first-order chi connectivity index (χ1) is 14.4. The molecule has 4 rings (SSSR count). The first kappa shape index (κ1) is 20.3. The van der Waals surface area contributed by atoms with Crippen LogP contribution in [-0.4, -0.2) is 42.1 Å². The minimum absolute atomic E-state index is 0.0496. The maximum Gasteiger partial charge on any atom is 0.253 e. The topological polar surface area (TPSA) is 83.6 Å². The Bertz CT molecular complexity index is 934. The van der Waals surface area contributed by atoms with Crippen LogP contribution >= 0.6 is 0 Å². The largest absolute Gasteiger partial charge is 0.372 e. The Morgan fingerprint density at radius 2 is 1.97 bits per heavy atom. The molecule has 2 aliphatic heterocycles. The van der Waals surface area contributed by atoms with Gasteiger partial charge in [-0.05, 0) is 56.5 Å². The summed E-state index contributed by atoms with van der Waals surface area (Å²) in [4.78, 5) is 30.9. The summed E-state index contributed by atoms with van der Waals surface area (Å²) >= 11 is 0. The Morgan fingerprint density at radius 1 is 1.20 bits per heavy atom. The number of fused-ring (bicyclic) bond motifs is 1. The first-order valence-corrected chi connectivity index (χ1v) is 10.5. The van der Waals surface area contributed by atoms with Crippen molar-refractivity contribution in [3.8, 4) is 0 Å². The first-order valence-electron chi connectivity index (χ1n) is 10.5. The number of ether oxygens (including phenoxy) is 1. The van der Waals surface area contributed by atoms with Crippen LogP contribution in [0.15, 0.2) is 36.5 Å². The summed E-state index contributed by atoms with van der Waals surface area (Å²) in [7, 11) is 0. The van der Waals surface area contributed by atoms with Gasteiger partial charge in [-0.3, -0.25) is 9.59 Å². The lowest BCUT2D eigenvalue weighted by Gasteiger charge is -2.36. The molecule has 2 aliphatic rings. The molecule has 0 saturated carbocycles. The fraction of sp³-hybridized carbons (Fsp3) is 0.435. The molecule has 3 atom stereocenters. The highest BCUT2D eigenvalue weighted by Crippen LogP contribution is 2.26. The van der Waals surface area contributed by atoms with E-state index in [1.165, 1.54) is 0 Å². The number of pyridine rings is 1. The minimum atomic E-state index is -0.156. The number of anilines is 2. The van der Waals surface area contributed by atoms with Crippen molar-refractivity contribution in [2.24, 2.45) is 0 Å². The van der Waals surface area contributed by atoms with Gasteiger partial charge < -0.3 is 20.3 Å². The van der Waals surface area contributed by atoms with Gasteiger partial charge in [0.2, 0.25) is 5.91 Å². The smallest absolute Gasteiger partial charge is 0.253 e. The van der Waals surface area contributed by atoms with Gasteiger partial charge in [0, 0.05) is 31.4 Å². The number of hydrogen-bond donors (Lipinski definition) is 2. The van der Waals surface area contributed by atoms with Crippen LogP contribution in [-0.2, 0) is 16.0 Å². The van der Waals surface area contributed by atoms with Crippen LogP contribution in [0.4, 0.5) is 11.5 Å². The molecule has 1 fully saturated rings. The highest BCUT2D eigenvalue weighted by Gasteiger charge is 2.23. The highest BCUT2D eigenvalue weighted by molar-refractivity contribution is 5.95. The van der Waals surface area contributed by atoms with Gasteiger partial charge in [0.15, 0.2) is 0 Å². The van der Waals surface area contributed by atoms with Crippen LogP contribution < -0.4 is 15.5 Å². The molecule has 0 unspecified atom stereocenters. The molecule has 158 valence electrons. The van der Waals surface area contributed by atoms with E-state index in [1.807, 2.05) is 31.2 Å². The molecular formula is C23H28N4O3. The number of aromatic nitrogens is 1. The van der Waals surface area contributed by atoms with Gasteiger partial charge in [-0.2, -0.15) is 0 Å². The van der Waals surface area contributed by atoms with Gasteiger partial charge >= 0.3 is 0 Å². The second-order valence-corrected chi connectivity index (χ2v) is 8.23. The highest BCUT2D eigenvalue weighted by atomic mass is 16.5. The average molecular weight is 409 g/mol. The number of aryl methyl sites for hydroxylation is 1. The number of carbonyl (C=O) groups excluding carboxylic acids is 2. The minimum Gasteiger partial charge on any atom is -0.372 e. The second kappa shape index (κ2) is 8.44. The molecule has 2 aromatic rings. The van der Waals surface area contributed by atoms with Gasteiger partial charge in [-0.25, -0.2) is 4.98 Å². The number of carbonyl (C=O) groups is 2. The van der Waals surface area contributed by atoms with E-state index in [-0.39, 0.29) is 30.1 Å². The summed E-state index contributed by atoms with van der Waals surface area (Å²) in [5, 5.41) is 5.93. The SMILES string of the molecule is C[C@@H]1CN(c2ccc(C(=O)N[C@@H](C)c3ccc4c(c3)CCC(=O)N4)cn2)C[C@@H](C)O1. The number of benzene rings is 1. The van der Waals surface area contributed by atoms with Crippen LogP contribution in [0.25, 0.3) is 0 Å². The number of hydrogen-bond acceptors (Lipinski definition) is 5. The molecule has 3 heterocycles. The van der Waals surface area contributed by atoms with Crippen molar-refractivity contribution >= 4 is 23.3 Å². The van der Waals surface area contributed by atoms with Crippen LogP contribution in [0.5, 0.6) is 0 Å². The lowest BCUT2D eigenvalue weighted by molar-refractivity contribution is -0.116. The molecule has 2 N–H and O–H groups in total. The summed E-state index contributed by atoms with van der Waals surface area (Å²) in [5.41, 5.74) is 3.51. The zero-order valence-corrected chi connectivity index (χ0v) is 17.6. The Balaban J connectivity index is 1.40. The fourth-order valence-corrected chi connectivity index (χ4v) is 4.11. The molecule has 1 aromatic heterocycles. The zero-order valence-electron chi connectivity index (χ0n) is 17.6. The molecule has 0 aliphatic carbocycles. The molecule has 1 saturated heterocycles. The van der Waals surface area contributed by atoms with E-state index in [9.17, 15) is 9.59 Å². The van der Waals surface area contributed by atoms with Crippen molar-refractivity contribution in [3.63, 3.8) is 0 Å². The molecule has 0 spiro atoms. The van der Waals surface area contributed by atoms with Crippen molar-refractivity contribution in [2.45, 2.75) is 51.9 Å². The van der Waals surface area contributed by atoms with Gasteiger partial charge in [0.1, 0.15) is 5.82 Å². The second-order valence-electron chi connectivity index (χ2n) is 8.23. The van der Waals surface area contributed by atoms with Crippen molar-refractivity contribution in [2.75, 3.05) is 23.3 Å². The monoisotopic (exact) mass is 408 g/mol. The van der Waals surface area contributed by atoms with Crippen LogP contribution in [0.1, 0.15) is 54.7 Å². The van der Waals surface area contributed by atoms with Crippen LogP contribution in [0, 0.1) is 0 Å². The van der Waals surface area contributed by atoms with E-state index in [4.69, 9.17) is 4.74 Å². The summed E-state index contributed by atoms with van der Waals surface area (Å²) < 4.78 is 5.77. The fourth-order valence-electron chi connectivity index (χ4n) is 4.11. The summed E-state index contributed by atoms with van der Waals surface area (Å²) in [6.45, 7) is 7.65. The predicted molar refractivity (Wildman–Crippen MR) is 116 cm³/mol. The van der Waals surface area contributed by atoms with Crippen molar-refractivity contribution in [1.29, 1.82) is 0 Å². The van der Waals surface area contributed by atoms with E-state index in [0.29, 0.717) is 12.0 Å². The van der Waals surface area contributed by atoms with E-state index in [1.54, 1.807) is 6.20 Å². The molecule has 0 radical (unpaired) electrons. The van der Waals surface area contributed by atoms with Gasteiger partial charge in [0.05, 0.1) is 23.8 Å². The van der Waals surface area contributed by atoms with E-state index in [0.717, 1.165) is 42.1 Å². The molecule has 2 amide bonds. The number of nitrogens with zero attached hydrogens (tertiary/aromatic N) is 2. The molecule has 7 heteroatoms. The third kappa shape index (κ3) is 4.46. The molecule has 30 heavy (non-hydrogen) atoms. The molecule has 0 bridgehead atoms. The number of nitrogens with one attached hydrogen (secondary N) is 2. The third-order valence-electron chi connectivity index (χ3n) is 5.63. The number of morpholine rings is 1. The van der Waals surface area contributed by atoms with Gasteiger partial charge in [-0.1, -0.05) is 12.1 Å². The summed E-state index contributed by atoms with van der Waals surface area (Å²) in [6, 6.07) is 9.47. The summed E-state index contributed by atoms with van der Waals surface area (Å²) in [5.74, 6) is 0.753. The lowest BCUT2D eigenvalue weighted by Crippen LogP contribution is -2.45. The Kier molecular flexibility index (Phi) is 5.72. The maximum atomic E-state index is 12.7. The van der Waals surface area contributed by atoms with E-state index < -0.39 is 0 Å². The van der Waals surface area contributed by atoms with Crippen molar-refractivity contribution in [1.82, 2.24) is 10.3 Å². The number of amides is 2. The normalized spacial score (nSPS) is 22.1. The quantitative estimate of drug-likeness (QED) is 0.812. The van der Waals surface area contributed by atoms with Gasteiger partial charge in [0.25, 0.3) is 5.91 Å². The van der Waals surface area contributed by atoms with E-state index in [2.05, 4.69) is 40.4 Å². The standard InChI is InChI=1S/C23H28N4O3/c1-14-12-27(13-15(2)30-14)21-8-5-19(11-24-21)23(29)25-16(3)17-4-7-20-18(10-17)6-9-22(28)26-20/h4-5,7-8,10-11,14-16H,6,9,12-13H2,1-3H3,(H,25,29)(H,26,28)/t14-,15-,16+/m1/s1. The van der Waals surface area contributed by atoms with Crippen LogP contribution in [0.2, 0.25) is 0 Å². The van der Waals surface area contributed by atoms with Crippen molar-refractivity contribution in [3.05, 3.63) is 53.2 Å². The average Bonchev–Trinajstić information content (AvgIpc) is 2.72. The Morgan fingerprint density at radius 3 is 2.67 bits per heavy atom. The van der Waals surface area contributed by atoms with Gasteiger partial charge in [-0.15, -0.1) is 0 Å². The molecule has 7 nitrogen and oxygen atoms in total. The van der Waals surface area contributed by atoms with Crippen LogP contribution in [0.3, 0.4) is 0 Å². The number of rotatable bonds is 4. The molecular weight excluding hydrogens is 380 g/mol. The Hall–Kier alpha value is -2.93. The zero-order chi connectivity index (χ0) is 21.3. The maximum absolute atomic E-state index is 12.7. The lowest BCUT2D eigenvalue weighted by atomic mass is 9.97. The van der Waals surface area contributed by atoms with E-state index >= 15 is 0 Å². The van der Waals surface area contributed by atoms with Crippen molar-refractivity contribution < 1.29 is 14.3 Å². The summed E-state index contributed by atoms with van der Waals surface area (Å²) in [6.07, 6.45) is 3.16.